The minimum atomic E-state index is 0. The van der Waals surface area contributed by atoms with Crippen molar-refractivity contribution in [2.45, 2.75) is 25.9 Å². The minimum absolute atomic E-state index is 0. The SMILES string of the molecule is CN=C(NCc1cccc(OC)c1OC)NC1CC1C.I. The summed E-state index contributed by atoms with van der Waals surface area (Å²) in [5, 5.41) is 6.70. The van der Waals surface area contributed by atoms with Crippen LogP contribution in [0.1, 0.15) is 18.9 Å². The van der Waals surface area contributed by atoms with E-state index in [1.54, 1.807) is 21.3 Å². The molecule has 1 aliphatic rings. The fraction of sp³-hybridized carbons (Fsp3) is 0.533. The van der Waals surface area contributed by atoms with Gasteiger partial charge in [0.05, 0.1) is 14.2 Å². The number of nitrogens with one attached hydrogen (secondary N) is 2. The monoisotopic (exact) mass is 405 g/mol. The third kappa shape index (κ3) is 4.66. The van der Waals surface area contributed by atoms with E-state index < -0.39 is 0 Å². The highest BCUT2D eigenvalue weighted by atomic mass is 127. The fourth-order valence-electron chi connectivity index (χ4n) is 2.17. The molecule has 1 aromatic carbocycles. The average molecular weight is 405 g/mol. The highest BCUT2D eigenvalue weighted by Gasteiger charge is 2.33. The standard InChI is InChI=1S/C15H23N3O2.HI/c1-10-8-12(10)18-15(16-2)17-9-11-6-5-7-13(19-3)14(11)20-4;/h5-7,10,12H,8-9H2,1-4H3,(H2,16,17,18);1H. The highest BCUT2D eigenvalue weighted by molar-refractivity contribution is 14.0. The van der Waals surface area contributed by atoms with E-state index in [0.717, 1.165) is 28.9 Å². The Labute approximate surface area is 143 Å². The van der Waals surface area contributed by atoms with Crippen LogP contribution < -0.4 is 20.1 Å². The Kier molecular flexibility index (Phi) is 7.07. The van der Waals surface area contributed by atoms with E-state index in [2.05, 4.69) is 22.5 Å². The molecule has 1 aromatic rings. The fourth-order valence-corrected chi connectivity index (χ4v) is 2.17. The van der Waals surface area contributed by atoms with Gasteiger partial charge in [-0.15, -0.1) is 24.0 Å². The van der Waals surface area contributed by atoms with Crippen molar-refractivity contribution in [1.82, 2.24) is 10.6 Å². The molecule has 1 aliphatic carbocycles. The van der Waals surface area contributed by atoms with Crippen LogP contribution in [0, 0.1) is 5.92 Å². The molecule has 118 valence electrons. The third-order valence-electron chi connectivity index (χ3n) is 3.59. The summed E-state index contributed by atoms with van der Waals surface area (Å²) in [4.78, 5) is 4.24. The van der Waals surface area contributed by atoms with E-state index in [1.165, 1.54) is 6.42 Å². The number of para-hydroxylation sites is 1. The zero-order valence-electron chi connectivity index (χ0n) is 13.0. The van der Waals surface area contributed by atoms with Gasteiger partial charge in [0, 0.05) is 25.2 Å². The van der Waals surface area contributed by atoms with E-state index in [1.807, 2.05) is 18.2 Å². The molecule has 0 aromatic heterocycles. The molecule has 0 radical (unpaired) electrons. The summed E-state index contributed by atoms with van der Waals surface area (Å²) in [5.74, 6) is 3.06. The summed E-state index contributed by atoms with van der Waals surface area (Å²) in [6.07, 6.45) is 1.21. The van der Waals surface area contributed by atoms with E-state index in [0.29, 0.717) is 12.6 Å². The van der Waals surface area contributed by atoms with Gasteiger partial charge in [-0.1, -0.05) is 19.1 Å². The van der Waals surface area contributed by atoms with Crippen molar-refractivity contribution in [3.8, 4) is 11.5 Å². The van der Waals surface area contributed by atoms with Gasteiger partial charge in [-0.05, 0) is 18.4 Å². The molecule has 0 heterocycles. The number of hydrogen-bond donors (Lipinski definition) is 2. The second kappa shape index (κ2) is 8.31. The van der Waals surface area contributed by atoms with Gasteiger partial charge in [0.15, 0.2) is 17.5 Å². The molecule has 0 bridgehead atoms. The lowest BCUT2D eigenvalue weighted by Gasteiger charge is -2.15. The van der Waals surface area contributed by atoms with Crippen molar-refractivity contribution in [2.75, 3.05) is 21.3 Å². The second-order valence-corrected chi connectivity index (χ2v) is 5.04. The van der Waals surface area contributed by atoms with Crippen LogP contribution in [0.15, 0.2) is 23.2 Å². The van der Waals surface area contributed by atoms with Crippen molar-refractivity contribution >= 4 is 29.9 Å². The van der Waals surface area contributed by atoms with Crippen LogP contribution in [0.5, 0.6) is 11.5 Å². The Morgan fingerprint density at radius 3 is 2.57 bits per heavy atom. The lowest BCUT2D eigenvalue weighted by Crippen LogP contribution is -2.38. The summed E-state index contributed by atoms with van der Waals surface area (Å²) in [6.45, 7) is 2.87. The second-order valence-electron chi connectivity index (χ2n) is 5.04. The topological polar surface area (TPSA) is 54.9 Å². The first kappa shape index (κ1) is 17.9. The molecule has 2 N–H and O–H groups in total. The maximum atomic E-state index is 5.42. The Bertz CT molecular complexity index is 494. The van der Waals surface area contributed by atoms with Crippen LogP contribution in [0.4, 0.5) is 0 Å². The smallest absolute Gasteiger partial charge is 0.191 e. The first-order valence-corrected chi connectivity index (χ1v) is 6.86. The van der Waals surface area contributed by atoms with Gasteiger partial charge in [-0.3, -0.25) is 4.99 Å². The normalized spacial score (nSPS) is 20.3. The predicted molar refractivity (Wildman–Crippen MR) is 95.9 cm³/mol. The van der Waals surface area contributed by atoms with E-state index in [4.69, 9.17) is 9.47 Å². The molecular formula is C15H24IN3O2. The Balaban J connectivity index is 0.00000220. The number of benzene rings is 1. The third-order valence-corrected chi connectivity index (χ3v) is 3.59. The Morgan fingerprint density at radius 1 is 1.33 bits per heavy atom. The number of hydrogen-bond acceptors (Lipinski definition) is 3. The number of guanidine groups is 1. The molecule has 2 rings (SSSR count). The van der Waals surface area contributed by atoms with Gasteiger partial charge in [-0.25, -0.2) is 0 Å². The number of halogens is 1. The van der Waals surface area contributed by atoms with Gasteiger partial charge < -0.3 is 20.1 Å². The minimum Gasteiger partial charge on any atom is -0.493 e. The van der Waals surface area contributed by atoms with E-state index in [-0.39, 0.29) is 24.0 Å². The quantitative estimate of drug-likeness (QED) is 0.449. The van der Waals surface area contributed by atoms with Gasteiger partial charge in [0.1, 0.15) is 0 Å². The summed E-state index contributed by atoms with van der Waals surface area (Å²) in [5.41, 5.74) is 1.04. The lowest BCUT2D eigenvalue weighted by atomic mass is 10.2. The van der Waals surface area contributed by atoms with Crippen LogP contribution >= 0.6 is 24.0 Å². The molecule has 0 saturated heterocycles. The van der Waals surface area contributed by atoms with Gasteiger partial charge in [-0.2, -0.15) is 0 Å². The summed E-state index contributed by atoms with van der Waals surface area (Å²) < 4.78 is 10.7. The molecule has 2 unspecified atom stereocenters. The number of methoxy groups -OCH3 is 2. The maximum absolute atomic E-state index is 5.42. The number of nitrogens with zero attached hydrogens (tertiary/aromatic N) is 1. The number of ether oxygens (including phenoxy) is 2. The lowest BCUT2D eigenvalue weighted by molar-refractivity contribution is 0.351. The number of rotatable bonds is 5. The molecule has 5 nitrogen and oxygen atoms in total. The molecule has 0 spiro atoms. The Morgan fingerprint density at radius 2 is 2.05 bits per heavy atom. The van der Waals surface area contributed by atoms with Crippen molar-refractivity contribution < 1.29 is 9.47 Å². The average Bonchev–Trinajstić information content (AvgIpc) is 3.17. The van der Waals surface area contributed by atoms with Crippen LogP contribution in [-0.2, 0) is 6.54 Å². The molecule has 6 heteroatoms. The molecule has 0 amide bonds. The summed E-state index contributed by atoms with van der Waals surface area (Å²) in [6, 6.07) is 6.41. The molecule has 21 heavy (non-hydrogen) atoms. The molecule has 1 fully saturated rings. The Hall–Kier alpha value is -1.18. The van der Waals surface area contributed by atoms with Crippen LogP contribution in [0.2, 0.25) is 0 Å². The van der Waals surface area contributed by atoms with Crippen molar-refractivity contribution in [3.05, 3.63) is 23.8 Å². The number of aliphatic imine (C=N–C) groups is 1. The summed E-state index contributed by atoms with van der Waals surface area (Å²) in [7, 11) is 5.08. The van der Waals surface area contributed by atoms with Gasteiger partial charge >= 0.3 is 0 Å². The highest BCUT2D eigenvalue weighted by Crippen LogP contribution is 2.31. The summed E-state index contributed by atoms with van der Waals surface area (Å²) >= 11 is 0. The van der Waals surface area contributed by atoms with E-state index >= 15 is 0 Å². The first-order chi connectivity index (χ1) is 9.69. The van der Waals surface area contributed by atoms with Gasteiger partial charge in [0.2, 0.25) is 0 Å². The first-order valence-electron chi connectivity index (χ1n) is 6.86. The van der Waals surface area contributed by atoms with Crippen LogP contribution in [-0.4, -0.2) is 33.3 Å². The zero-order valence-corrected chi connectivity index (χ0v) is 15.3. The largest absolute Gasteiger partial charge is 0.493 e. The van der Waals surface area contributed by atoms with Crippen LogP contribution in [0.3, 0.4) is 0 Å². The molecule has 2 atom stereocenters. The molecule has 0 aliphatic heterocycles. The van der Waals surface area contributed by atoms with Gasteiger partial charge in [0.25, 0.3) is 0 Å². The van der Waals surface area contributed by atoms with Crippen LogP contribution in [0.25, 0.3) is 0 Å². The van der Waals surface area contributed by atoms with Crippen molar-refractivity contribution in [3.63, 3.8) is 0 Å². The molecule has 1 saturated carbocycles. The van der Waals surface area contributed by atoms with Crippen molar-refractivity contribution in [2.24, 2.45) is 10.9 Å². The van der Waals surface area contributed by atoms with Crippen molar-refractivity contribution in [1.29, 1.82) is 0 Å². The zero-order chi connectivity index (χ0) is 14.5. The maximum Gasteiger partial charge on any atom is 0.191 e. The predicted octanol–water partition coefficient (Wildman–Crippen LogP) is 2.40. The molecular weight excluding hydrogens is 381 g/mol. The van der Waals surface area contributed by atoms with E-state index in [9.17, 15) is 0 Å².